The third-order valence-electron chi connectivity index (χ3n) is 4.02. The van der Waals surface area contributed by atoms with E-state index in [-0.39, 0.29) is 0 Å². The molecule has 0 atom stereocenters. The lowest BCUT2D eigenvalue weighted by atomic mass is 10.2. The van der Waals surface area contributed by atoms with Crippen LogP contribution in [0.15, 0.2) is 36.4 Å². The lowest BCUT2D eigenvalue weighted by Crippen LogP contribution is -2.21. The summed E-state index contributed by atoms with van der Waals surface area (Å²) in [5.74, 6) is -0.0480. The standard InChI is InChI=1S/C19H20N4O5/c1-4-23-17-6-5-12(7-16(17)21-22-23)19(25)28-11-18(24)20-13-8-14(26-2)10-15(9-13)27-3/h5-10H,4,11H2,1-3H3,(H,20,24). The second-order valence-corrected chi connectivity index (χ2v) is 5.83. The van der Waals surface area contributed by atoms with Crippen molar-refractivity contribution in [2.75, 3.05) is 26.1 Å². The second kappa shape index (κ2) is 8.38. The number of anilines is 1. The first-order chi connectivity index (χ1) is 13.5. The van der Waals surface area contributed by atoms with Gasteiger partial charge in [-0.3, -0.25) is 4.79 Å². The van der Waals surface area contributed by atoms with Crippen molar-refractivity contribution in [3.8, 4) is 11.5 Å². The van der Waals surface area contributed by atoms with Crippen LogP contribution in [0, 0.1) is 0 Å². The van der Waals surface area contributed by atoms with Gasteiger partial charge in [0.15, 0.2) is 6.61 Å². The third-order valence-corrected chi connectivity index (χ3v) is 4.02. The summed E-state index contributed by atoms with van der Waals surface area (Å²) in [7, 11) is 3.02. The van der Waals surface area contributed by atoms with E-state index in [1.165, 1.54) is 14.2 Å². The Labute approximate surface area is 161 Å². The van der Waals surface area contributed by atoms with Gasteiger partial charge in [-0.25, -0.2) is 9.48 Å². The Morgan fingerprint density at radius 2 is 1.79 bits per heavy atom. The van der Waals surface area contributed by atoms with Crippen LogP contribution < -0.4 is 14.8 Å². The average Bonchev–Trinajstić information content (AvgIpc) is 3.13. The van der Waals surface area contributed by atoms with E-state index in [1.54, 1.807) is 41.1 Å². The highest BCUT2D eigenvalue weighted by atomic mass is 16.5. The van der Waals surface area contributed by atoms with E-state index in [1.807, 2.05) is 6.92 Å². The fourth-order valence-corrected chi connectivity index (χ4v) is 2.62. The zero-order chi connectivity index (χ0) is 20.1. The highest BCUT2D eigenvalue weighted by molar-refractivity contribution is 5.97. The van der Waals surface area contributed by atoms with E-state index < -0.39 is 18.5 Å². The van der Waals surface area contributed by atoms with E-state index in [4.69, 9.17) is 14.2 Å². The predicted octanol–water partition coefficient (Wildman–Crippen LogP) is 2.26. The van der Waals surface area contributed by atoms with Gasteiger partial charge >= 0.3 is 5.97 Å². The summed E-state index contributed by atoms with van der Waals surface area (Å²) in [5.41, 5.74) is 2.18. The maximum absolute atomic E-state index is 12.2. The Balaban J connectivity index is 1.62. The molecule has 0 saturated heterocycles. The molecule has 0 radical (unpaired) electrons. The van der Waals surface area contributed by atoms with Gasteiger partial charge < -0.3 is 19.5 Å². The first-order valence-electron chi connectivity index (χ1n) is 8.57. The Morgan fingerprint density at radius 3 is 2.43 bits per heavy atom. The summed E-state index contributed by atoms with van der Waals surface area (Å²) in [4.78, 5) is 24.3. The van der Waals surface area contributed by atoms with E-state index in [2.05, 4.69) is 15.6 Å². The number of methoxy groups -OCH3 is 2. The summed E-state index contributed by atoms with van der Waals surface area (Å²) >= 11 is 0. The largest absolute Gasteiger partial charge is 0.497 e. The van der Waals surface area contributed by atoms with Crippen LogP contribution in [0.25, 0.3) is 11.0 Å². The Bertz CT molecular complexity index is 992. The first kappa shape index (κ1) is 19.2. The van der Waals surface area contributed by atoms with E-state index in [0.29, 0.717) is 34.8 Å². The predicted molar refractivity (Wildman–Crippen MR) is 102 cm³/mol. The number of nitrogens with one attached hydrogen (secondary N) is 1. The molecular weight excluding hydrogens is 364 g/mol. The number of rotatable bonds is 7. The summed E-state index contributed by atoms with van der Waals surface area (Å²) < 4.78 is 17.1. The highest BCUT2D eigenvalue weighted by Crippen LogP contribution is 2.25. The minimum Gasteiger partial charge on any atom is -0.497 e. The average molecular weight is 384 g/mol. The molecular formula is C19H20N4O5. The van der Waals surface area contributed by atoms with Crippen molar-refractivity contribution < 1.29 is 23.8 Å². The number of carbonyl (C=O) groups is 2. The van der Waals surface area contributed by atoms with Gasteiger partial charge in [0.25, 0.3) is 5.91 Å². The quantitative estimate of drug-likeness (QED) is 0.623. The van der Waals surface area contributed by atoms with Crippen LogP contribution in [0.4, 0.5) is 5.69 Å². The number of aromatic nitrogens is 3. The SMILES string of the molecule is CCn1nnc2cc(C(=O)OCC(=O)Nc3cc(OC)cc(OC)c3)ccc21. The number of aryl methyl sites for hydroxylation is 1. The number of benzene rings is 2. The zero-order valence-electron chi connectivity index (χ0n) is 15.8. The molecule has 0 bridgehead atoms. The van der Waals surface area contributed by atoms with Gasteiger partial charge in [0.05, 0.1) is 25.3 Å². The molecule has 9 nitrogen and oxygen atoms in total. The molecule has 146 valence electrons. The molecule has 0 spiro atoms. The van der Waals surface area contributed by atoms with E-state index in [0.717, 1.165) is 5.52 Å². The first-order valence-corrected chi connectivity index (χ1v) is 8.57. The fourth-order valence-electron chi connectivity index (χ4n) is 2.62. The van der Waals surface area contributed by atoms with Crippen molar-refractivity contribution in [1.29, 1.82) is 0 Å². The van der Waals surface area contributed by atoms with Gasteiger partial charge in [-0.05, 0) is 25.1 Å². The van der Waals surface area contributed by atoms with Crippen LogP contribution in [0.3, 0.4) is 0 Å². The van der Waals surface area contributed by atoms with Gasteiger partial charge in [-0.2, -0.15) is 0 Å². The molecule has 1 heterocycles. The molecule has 0 aliphatic carbocycles. The van der Waals surface area contributed by atoms with Gasteiger partial charge in [0, 0.05) is 30.4 Å². The van der Waals surface area contributed by atoms with Gasteiger partial charge in [0.1, 0.15) is 17.0 Å². The van der Waals surface area contributed by atoms with Crippen LogP contribution in [0.5, 0.6) is 11.5 Å². The Hall–Kier alpha value is -3.62. The Morgan fingerprint density at radius 1 is 1.07 bits per heavy atom. The lowest BCUT2D eigenvalue weighted by Gasteiger charge is -2.10. The Kier molecular flexibility index (Phi) is 5.73. The smallest absolute Gasteiger partial charge is 0.338 e. The number of hydrogen-bond acceptors (Lipinski definition) is 7. The van der Waals surface area contributed by atoms with Gasteiger partial charge in [-0.1, -0.05) is 5.21 Å². The molecule has 0 fully saturated rings. The summed E-state index contributed by atoms with van der Waals surface area (Å²) in [6, 6.07) is 9.89. The van der Waals surface area contributed by atoms with Gasteiger partial charge in [0.2, 0.25) is 0 Å². The van der Waals surface area contributed by atoms with Crippen molar-refractivity contribution in [2.24, 2.45) is 0 Å². The van der Waals surface area contributed by atoms with Gasteiger partial charge in [-0.15, -0.1) is 5.10 Å². The van der Waals surface area contributed by atoms with Crippen molar-refractivity contribution in [1.82, 2.24) is 15.0 Å². The fraction of sp³-hybridized carbons (Fsp3) is 0.263. The van der Waals surface area contributed by atoms with Crippen molar-refractivity contribution in [3.63, 3.8) is 0 Å². The van der Waals surface area contributed by atoms with Crippen LogP contribution in [0.1, 0.15) is 17.3 Å². The zero-order valence-corrected chi connectivity index (χ0v) is 15.8. The number of carbonyl (C=O) groups excluding carboxylic acids is 2. The van der Waals surface area contributed by atoms with Crippen molar-refractivity contribution in [3.05, 3.63) is 42.0 Å². The number of ether oxygens (including phenoxy) is 3. The summed E-state index contributed by atoms with van der Waals surface area (Å²) in [6.07, 6.45) is 0. The molecule has 1 aromatic heterocycles. The summed E-state index contributed by atoms with van der Waals surface area (Å²) in [6.45, 7) is 2.19. The van der Waals surface area contributed by atoms with Crippen LogP contribution in [0.2, 0.25) is 0 Å². The summed E-state index contributed by atoms with van der Waals surface area (Å²) in [5, 5.41) is 10.6. The highest BCUT2D eigenvalue weighted by Gasteiger charge is 2.13. The molecule has 0 aliphatic heterocycles. The van der Waals surface area contributed by atoms with E-state index >= 15 is 0 Å². The maximum atomic E-state index is 12.2. The molecule has 3 rings (SSSR count). The third kappa shape index (κ3) is 4.20. The molecule has 9 heteroatoms. The lowest BCUT2D eigenvalue weighted by molar-refractivity contribution is -0.119. The number of fused-ring (bicyclic) bond motifs is 1. The molecule has 28 heavy (non-hydrogen) atoms. The normalized spacial score (nSPS) is 10.5. The maximum Gasteiger partial charge on any atom is 0.338 e. The molecule has 3 aromatic rings. The van der Waals surface area contributed by atoms with Crippen LogP contribution in [-0.4, -0.2) is 47.7 Å². The van der Waals surface area contributed by atoms with Crippen molar-refractivity contribution in [2.45, 2.75) is 13.5 Å². The number of esters is 1. The minimum atomic E-state index is -0.619. The molecule has 1 amide bonds. The monoisotopic (exact) mass is 384 g/mol. The van der Waals surface area contributed by atoms with Crippen LogP contribution >= 0.6 is 0 Å². The van der Waals surface area contributed by atoms with Crippen molar-refractivity contribution >= 4 is 28.6 Å². The number of amides is 1. The molecule has 0 unspecified atom stereocenters. The van der Waals surface area contributed by atoms with E-state index in [9.17, 15) is 9.59 Å². The molecule has 2 aromatic carbocycles. The molecule has 0 aliphatic rings. The van der Waals surface area contributed by atoms with Crippen LogP contribution in [-0.2, 0) is 16.1 Å². The molecule has 1 N–H and O–H groups in total. The second-order valence-electron chi connectivity index (χ2n) is 5.83. The topological polar surface area (TPSA) is 105 Å². The number of hydrogen-bond donors (Lipinski definition) is 1. The minimum absolute atomic E-state index is 0.298. The molecule has 0 saturated carbocycles. The number of nitrogens with zero attached hydrogens (tertiary/aromatic N) is 3.